The SMILES string of the molecule is CCCCN(C)C(=O)CCCC1CCNCC1. The molecule has 1 heterocycles. The number of hydrogen-bond acceptors (Lipinski definition) is 2. The standard InChI is InChI=1S/C14H28N2O/c1-3-4-12-16(2)14(17)7-5-6-13-8-10-15-11-9-13/h13,15H,3-12H2,1-2H3. The number of nitrogens with zero attached hydrogens (tertiary/aromatic N) is 1. The molecule has 0 aromatic rings. The number of unbranched alkanes of at least 4 members (excludes halogenated alkanes) is 1. The van der Waals surface area contributed by atoms with E-state index in [0.717, 1.165) is 51.2 Å². The molecule has 1 N–H and O–H groups in total. The fraction of sp³-hybridized carbons (Fsp3) is 0.929. The molecule has 0 aromatic heterocycles. The fourth-order valence-electron chi connectivity index (χ4n) is 2.42. The summed E-state index contributed by atoms with van der Waals surface area (Å²) in [5, 5.41) is 3.38. The lowest BCUT2D eigenvalue weighted by atomic mass is 9.92. The second-order valence-corrected chi connectivity index (χ2v) is 5.25. The molecule has 3 heteroatoms. The monoisotopic (exact) mass is 240 g/mol. The highest BCUT2D eigenvalue weighted by molar-refractivity contribution is 5.75. The van der Waals surface area contributed by atoms with Gasteiger partial charge in [-0.05, 0) is 51.1 Å². The van der Waals surface area contributed by atoms with Crippen molar-refractivity contribution in [3.05, 3.63) is 0 Å². The summed E-state index contributed by atoms with van der Waals surface area (Å²) in [5.41, 5.74) is 0. The third-order valence-corrected chi connectivity index (χ3v) is 3.73. The van der Waals surface area contributed by atoms with Crippen molar-refractivity contribution in [3.8, 4) is 0 Å². The maximum atomic E-state index is 11.8. The quantitative estimate of drug-likeness (QED) is 0.741. The molecular formula is C14H28N2O. The van der Waals surface area contributed by atoms with E-state index in [1.165, 1.54) is 19.3 Å². The molecule has 1 fully saturated rings. The Balaban J connectivity index is 2.06. The number of carbonyl (C=O) groups is 1. The lowest BCUT2D eigenvalue weighted by Crippen LogP contribution is -2.29. The second-order valence-electron chi connectivity index (χ2n) is 5.25. The third kappa shape index (κ3) is 6.06. The van der Waals surface area contributed by atoms with Crippen molar-refractivity contribution in [2.45, 2.75) is 51.9 Å². The van der Waals surface area contributed by atoms with Gasteiger partial charge in [0.1, 0.15) is 0 Å². The average molecular weight is 240 g/mol. The van der Waals surface area contributed by atoms with Gasteiger partial charge in [-0.3, -0.25) is 4.79 Å². The highest BCUT2D eigenvalue weighted by Gasteiger charge is 2.14. The number of hydrogen-bond donors (Lipinski definition) is 1. The first-order valence-electron chi connectivity index (χ1n) is 7.18. The van der Waals surface area contributed by atoms with Gasteiger partial charge in [0, 0.05) is 20.0 Å². The lowest BCUT2D eigenvalue weighted by Gasteiger charge is -2.23. The van der Waals surface area contributed by atoms with Gasteiger partial charge in [-0.1, -0.05) is 13.3 Å². The first kappa shape index (κ1) is 14.5. The zero-order valence-electron chi connectivity index (χ0n) is 11.5. The van der Waals surface area contributed by atoms with Gasteiger partial charge in [0.05, 0.1) is 0 Å². The summed E-state index contributed by atoms with van der Waals surface area (Å²) in [6, 6.07) is 0. The smallest absolute Gasteiger partial charge is 0.222 e. The van der Waals surface area contributed by atoms with E-state index in [9.17, 15) is 4.79 Å². The molecule has 1 aliphatic rings. The van der Waals surface area contributed by atoms with Crippen LogP contribution in [-0.2, 0) is 4.79 Å². The lowest BCUT2D eigenvalue weighted by molar-refractivity contribution is -0.130. The summed E-state index contributed by atoms with van der Waals surface area (Å²) >= 11 is 0. The molecule has 0 bridgehead atoms. The van der Waals surface area contributed by atoms with E-state index >= 15 is 0 Å². The Morgan fingerprint density at radius 1 is 1.29 bits per heavy atom. The summed E-state index contributed by atoms with van der Waals surface area (Å²) in [7, 11) is 1.93. The molecule has 0 saturated carbocycles. The van der Waals surface area contributed by atoms with Crippen LogP contribution in [0, 0.1) is 5.92 Å². The zero-order chi connectivity index (χ0) is 12.5. The Morgan fingerprint density at radius 3 is 2.65 bits per heavy atom. The van der Waals surface area contributed by atoms with E-state index in [-0.39, 0.29) is 0 Å². The Morgan fingerprint density at radius 2 is 2.00 bits per heavy atom. The molecule has 1 rings (SSSR count). The van der Waals surface area contributed by atoms with Gasteiger partial charge < -0.3 is 10.2 Å². The molecule has 0 unspecified atom stereocenters. The van der Waals surface area contributed by atoms with Crippen LogP contribution in [0.4, 0.5) is 0 Å². The first-order valence-corrected chi connectivity index (χ1v) is 7.18. The average Bonchev–Trinajstić information content (AvgIpc) is 2.37. The van der Waals surface area contributed by atoms with Crippen molar-refractivity contribution in [3.63, 3.8) is 0 Å². The van der Waals surface area contributed by atoms with Gasteiger partial charge in [0.2, 0.25) is 5.91 Å². The van der Waals surface area contributed by atoms with Crippen molar-refractivity contribution in [2.75, 3.05) is 26.7 Å². The van der Waals surface area contributed by atoms with Crippen LogP contribution in [0.5, 0.6) is 0 Å². The maximum absolute atomic E-state index is 11.8. The summed E-state index contributed by atoms with van der Waals surface area (Å²) in [6.07, 6.45) is 7.90. The third-order valence-electron chi connectivity index (χ3n) is 3.73. The van der Waals surface area contributed by atoms with Crippen LogP contribution in [0.15, 0.2) is 0 Å². The molecule has 0 aromatic carbocycles. The van der Waals surface area contributed by atoms with Crippen LogP contribution in [0.2, 0.25) is 0 Å². The zero-order valence-corrected chi connectivity index (χ0v) is 11.5. The molecule has 1 amide bonds. The summed E-state index contributed by atoms with van der Waals surface area (Å²) in [5.74, 6) is 1.18. The minimum absolute atomic E-state index is 0.326. The summed E-state index contributed by atoms with van der Waals surface area (Å²) in [4.78, 5) is 13.7. The Labute approximate surface area is 106 Å². The van der Waals surface area contributed by atoms with Crippen LogP contribution >= 0.6 is 0 Å². The summed E-state index contributed by atoms with van der Waals surface area (Å²) < 4.78 is 0. The Bertz CT molecular complexity index is 212. The van der Waals surface area contributed by atoms with Gasteiger partial charge in [-0.25, -0.2) is 0 Å². The minimum atomic E-state index is 0.326. The number of nitrogens with one attached hydrogen (secondary N) is 1. The van der Waals surface area contributed by atoms with E-state index in [1.54, 1.807) is 0 Å². The van der Waals surface area contributed by atoms with E-state index in [0.29, 0.717) is 5.91 Å². The highest BCUT2D eigenvalue weighted by Crippen LogP contribution is 2.18. The number of amides is 1. The van der Waals surface area contributed by atoms with Crippen LogP contribution in [0.25, 0.3) is 0 Å². The van der Waals surface area contributed by atoms with Crippen molar-refractivity contribution < 1.29 is 4.79 Å². The van der Waals surface area contributed by atoms with Gasteiger partial charge in [0.25, 0.3) is 0 Å². The number of rotatable bonds is 7. The molecule has 1 saturated heterocycles. The van der Waals surface area contributed by atoms with Crippen LogP contribution in [0.3, 0.4) is 0 Å². The molecule has 0 atom stereocenters. The number of carbonyl (C=O) groups excluding carboxylic acids is 1. The summed E-state index contributed by atoms with van der Waals surface area (Å²) in [6.45, 7) is 5.40. The minimum Gasteiger partial charge on any atom is -0.346 e. The van der Waals surface area contributed by atoms with Gasteiger partial charge >= 0.3 is 0 Å². The predicted molar refractivity (Wildman–Crippen MR) is 72.0 cm³/mol. The number of piperidine rings is 1. The molecular weight excluding hydrogens is 212 g/mol. The molecule has 1 aliphatic heterocycles. The Kier molecular flexibility index (Phi) is 7.25. The Hall–Kier alpha value is -0.570. The molecule has 17 heavy (non-hydrogen) atoms. The first-order chi connectivity index (χ1) is 8.24. The van der Waals surface area contributed by atoms with Crippen LogP contribution in [0.1, 0.15) is 51.9 Å². The van der Waals surface area contributed by atoms with Crippen molar-refractivity contribution in [2.24, 2.45) is 5.92 Å². The maximum Gasteiger partial charge on any atom is 0.222 e. The van der Waals surface area contributed by atoms with Gasteiger partial charge in [-0.15, -0.1) is 0 Å². The van der Waals surface area contributed by atoms with E-state index in [4.69, 9.17) is 0 Å². The topological polar surface area (TPSA) is 32.3 Å². The van der Waals surface area contributed by atoms with Crippen LogP contribution < -0.4 is 5.32 Å². The van der Waals surface area contributed by atoms with Gasteiger partial charge in [-0.2, -0.15) is 0 Å². The van der Waals surface area contributed by atoms with Crippen molar-refractivity contribution in [1.29, 1.82) is 0 Å². The van der Waals surface area contributed by atoms with E-state index in [2.05, 4.69) is 12.2 Å². The second kappa shape index (κ2) is 8.51. The molecule has 0 radical (unpaired) electrons. The molecule has 0 aliphatic carbocycles. The fourth-order valence-corrected chi connectivity index (χ4v) is 2.42. The molecule has 3 nitrogen and oxygen atoms in total. The molecule has 100 valence electrons. The highest BCUT2D eigenvalue weighted by atomic mass is 16.2. The predicted octanol–water partition coefficient (Wildman–Crippen LogP) is 2.41. The van der Waals surface area contributed by atoms with E-state index in [1.807, 2.05) is 11.9 Å². The van der Waals surface area contributed by atoms with Crippen molar-refractivity contribution in [1.82, 2.24) is 10.2 Å². The van der Waals surface area contributed by atoms with Crippen LogP contribution in [-0.4, -0.2) is 37.5 Å². The van der Waals surface area contributed by atoms with E-state index < -0.39 is 0 Å². The van der Waals surface area contributed by atoms with Gasteiger partial charge in [0.15, 0.2) is 0 Å². The largest absolute Gasteiger partial charge is 0.346 e. The normalized spacial score (nSPS) is 17.1. The molecule has 0 spiro atoms. The van der Waals surface area contributed by atoms with Crippen molar-refractivity contribution >= 4 is 5.91 Å².